The van der Waals surface area contributed by atoms with E-state index in [2.05, 4.69) is 19.2 Å². The molecular formula is C15H21Cl2NO. The molecule has 1 aliphatic carbocycles. The standard InChI is InChI=1S/C15H21Cl2NO/c1-4-19-13-8-12(15(13,2)3)18-9-10-6-5-7-11(16)14(10)17/h5-7,12-13,18H,4,8-9H2,1-3H3. The molecule has 19 heavy (non-hydrogen) atoms. The molecule has 1 aliphatic rings. The first-order valence-corrected chi connectivity index (χ1v) is 7.50. The number of rotatable bonds is 5. The van der Waals surface area contributed by atoms with E-state index in [0.29, 0.717) is 22.2 Å². The summed E-state index contributed by atoms with van der Waals surface area (Å²) in [5.74, 6) is 0. The topological polar surface area (TPSA) is 21.3 Å². The van der Waals surface area contributed by atoms with Gasteiger partial charge >= 0.3 is 0 Å². The molecule has 1 N–H and O–H groups in total. The highest BCUT2D eigenvalue weighted by atomic mass is 35.5. The number of hydrogen-bond acceptors (Lipinski definition) is 2. The van der Waals surface area contributed by atoms with Gasteiger partial charge in [-0.25, -0.2) is 0 Å². The molecule has 0 saturated heterocycles. The van der Waals surface area contributed by atoms with Gasteiger partial charge in [0.1, 0.15) is 0 Å². The Bertz CT molecular complexity index is 448. The summed E-state index contributed by atoms with van der Waals surface area (Å²) in [5.41, 5.74) is 1.21. The maximum absolute atomic E-state index is 6.19. The zero-order chi connectivity index (χ0) is 14.0. The molecule has 106 valence electrons. The van der Waals surface area contributed by atoms with Crippen LogP contribution in [0.5, 0.6) is 0 Å². The second-order valence-corrected chi connectivity index (χ2v) is 6.43. The first kappa shape index (κ1) is 15.1. The van der Waals surface area contributed by atoms with E-state index in [1.54, 1.807) is 0 Å². The zero-order valence-corrected chi connectivity index (χ0v) is 13.2. The number of nitrogens with one attached hydrogen (secondary N) is 1. The fraction of sp³-hybridized carbons (Fsp3) is 0.600. The van der Waals surface area contributed by atoms with Crippen LogP contribution in [0, 0.1) is 5.41 Å². The Kier molecular flexibility index (Phi) is 4.78. The fourth-order valence-corrected chi connectivity index (χ4v) is 3.02. The lowest BCUT2D eigenvalue weighted by molar-refractivity contribution is -0.114. The van der Waals surface area contributed by atoms with E-state index in [1.165, 1.54) is 0 Å². The molecule has 2 nitrogen and oxygen atoms in total. The SMILES string of the molecule is CCOC1CC(NCc2cccc(Cl)c2Cl)C1(C)C. The Morgan fingerprint density at radius 2 is 2.11 bits per heavy atom. The second-order valence-electron chi connectivity index (χ2n) is 5.65. The summed E-state index contributed by atoms with van der Waals surface area (Å²) in [6, 6.07) is 6.21. The molecule has 0 aliphatic heterocycles. The van der Waals surface area contributed by atoms with Crippen LogP contribution in [-0.2, 0) is 11.3 Å². The van der Waals surface area contributed by atoms with E-state index in [1.807, 2.05) is 25.1 Å². The third-order valence-electron chi connectivity index (χ3n) is 4.12. The molecule has 4 heteroatoms. The monoisotopic (exact) mass is 301 g/mol. The largest absolute Gasteiger partial charge is 0.378 e. The van der Waals surface area contributed by atoms with Gasteiger partial charge in [-0.3, -0.25) is 0 Å². The van der Waals surface area contributed by atoms with Crippen LogP contribution in [0.1, 0.15) is 32.8 Å². The Labute approximate surface area is 125 Å². The number of benzene rings is 1. The number of hydrogen-bond donors (Lipinski definition) is 1. The van der Waals surface area contributed by atoms with Gasteiger partial charge in [0.05, 0.1) is 16.1 Å². The maximum atomic E-state index is 6.19. The summed E-state index contributed by atoms with van der Waals surface area (Å²) < 4.78 is 5.73. The highest BCUT2D eigenvalue weighted by Gasteiger charge is 2.48. The van der Waals surface area contributed by atoms with Crippen molar-refractivity contribution in [2.75, 3.05) is 6.61 Å². The molecule has 0 aromatic heterocycles. The fourth-order valence-electron chi connectivity index (χ4n) is 2.63. The zero-order valence-electron chi connectivity index (χ0n) is 11.7. The normalized spacial score (nSPS) is 25.1. The minimum absolute atomic E-state index is 0.168. The van der Waals surface area contributed by atoms with Crippen LogP contribution in [0.15, 0.2) is 18.2 Å². The average molecular weight is 302 g/mol. The molecule has 2 rings (SSSR count). The minimum Gasteiger partial charge on any atom is -0.378 e. The summed E-state index contributed by atoms with van der Waals surface area (Å²) in [5, 5.41) is 4.82. The van der Waals surface area contributed by atoms with Crippen molar-refractivity contribution >= 4 is 23.2 Å². The minimum atomic E-state index is 0.168. The van der Waals surface area contributed by atoms with Crippen molar-refractivity contribution in [1.29, 1.82) is 0 Å². The van der Waals surface area contributed by atoms with Crippen LogP contribution in [-0.4, -0.2) is 18.8 Å². The quantitative estimate of drug-likeness (QED) is 0.876. The summed E-state index contributed by atoms with van der Waals surface area (Å²) in [7, 11) is 0. The molecule has 0 spiro atoms. The summed E-state index contributed by atoms with van der Waals surface area (Å²) in [4.78, 5) is 0. The van der Waals surface area contributed by atoms with Gasteiger partial charge in [0.15, 0.2) is 0 Å². The lowest BCUT2D eigenvalue weighted by atomic mass is 9.64. The van der Waals surface area contributed by atoms with Crippen molar-refractivity contribution < 1.29 is 4.74 Å². The van der Waals surface area contributed by atoms with Gasteiger partial charge in [-0.15, -0.1) is 0 Å². The van der Waals surface area contributed by atoms with E-state index in [4.69, 9.17) is 27.9 Å². The molecule has 1 aromatic rings. The number of ether oxygens (including phenoxy) is 1. The predicted molar refractivity (Wildman–Crippen MR) is 80.9 cm³/mol. The molecule has 0 bridgehead atoms. The highest BCUT2D eigenvalue weighted by Crippen LogP contribution is 2.43. The Hall–Kier alpha value is -0.280. The van der Waals surface area contributed by atoms with Crippen molar-refractivity contribution in [2.24, 2.45) is 5.41 Å². The van der Waals surface area contributed by atoms with Gasteiger partial charge in [0, 0.05) is 24.6 Å². The molecule has 0 radical (unpaired) electrons. The molecule has 1 aromatic carbocycles. The Morgan fingerprint density at radius 3 is 2.74 bits per heavy atom. The van der Waals surface area contributed by atoms with Gasteiger partial charge in [0.2, 0.25) is 0 Å². The van der Waals surface area contributed by atoms with Crippen LogP contribution < -0.4 is 5.32 Å². The summed E-state index contributed by atoms with van der Waals surface area (Å²) >= 11 is 12.2. The smallest absolute Gasteiger partial charge is 0.0655 e. The molecular weight excluding hydrogens is 281 g/mol. The van der Waals surface area contributed by atoms with Gasteiger partial charge in [-0.05, 0) is 25.0 Å². The lowest BCUT2D eigenvalue weighted by Crippen LogP contribution is -2.60. The van der Waals surface area contributed by atoms with E-state index in [0.717, 1.165) is 25.1 Å². The lowest BCUT2D eigenvalue weighted by Gasteiger charge is -2.52. The van der Waals surface area contributed by atoms with E-state index in [9.17, 15) is 0 Å². The van der Waals surface area contributed by atoms with Crippen molar-refractivity contribution in [3.63, 3.8) is 0 Å². The van der Waals surface area contributed by atoms with Crippen LogP contribution in [0.3, 0.4) is 0 Å². The van der Waals surface area contributed by atoms with Crippen LogP contribution >= 0.6 is 23.2 Å². The highest BCUT2D eigenvalue weighted by molar-refractivity contribution is 6.42. The van der Waals surface area contributed by atoms with E-state index >= 15 is 0 Å². The van der Waals surface area contributed by atoms with Gasteiger partial charge in [-0.1, -0.05) is 49.2 Å². The van der Waals surface area contributed by atoms with Crippen LogP contribution in [0.4, 0.5) is 0 Å². The third-order valence-corrected chi connectivity index (χ3v) is 4.97. The first-order chi connectivity index (χ1) is 8.96. The van der Waals surface area contributed by atoms with Gasteiger partial charge < -0.3 is 10.1 Å². The molecule has 0 amide bonds. The van der Waals surface area contributed by atoms with Crippen LogP contribution in [0.25, 0.3) is 0 Å². The summed E-state index contributed by atoms with van der Waals surface area (Å²) in [6.07, 6.45) is 1.41. The first-order valence-electron chi connectivity index (χ1n) is 6.74. The van der Waals surface area contributed by atoms with Crippen molar-refractivity contribution in [1.82, 2.24) is 5.32 Å². The van der Waals surface area contributed by atoms with Crippen molar-refractivity contribution in [3.8, 4) is 0 Å². The average Bonchev–Trinajstić information content (AvgIpc) is 2.37. The van der Waals surface area contributed by atoms with Gasteiger partial charge in [-0.2, -0.15) is 0 Å². The molecule has 0 heterocycles. The van der Waals surface area contributed by atoms with Crippen molar-refractivity contribution in [3.05, 3.63) is 33.8 Å². The van der Waals surface area contributed by atoms with E-state index < -0.39 is 0 Å². The van der Waals surface area contributed by atoms with Gasteiger partial charge in [0.25, 0.3) is 0 Å². The number of halogens is 2. The molecule has 2 unspecified atom stereocenters. The van der Waals surface area contributed by atoms with E-state index in [-0.39, 0.29) is 5.41 Å². The molecule has 2 atom stereocenters. The maximum Gasteiger partial charge on any atom is 0.0655 e. The third kappa shape index (κ3) is 3.08. The summed E-state index contributed by atoms with van der Waals surface area (Å²) in [6.45, 7) is 8.05. The Balaban J connectivity index is 1.92. The molecule has 1 saturated carbocycles. The second kappa shape index (κ2) is 6.01. The Morgan fingerprint density at radius 1 is 1.37 bits per heavy atom. The van der Waals surface area contributed by atoms with Crippen LogP contribution in [0.2, 0.25) is 10.0 Å². The predicted octanol–water partition coefficient (Wildman–Crippen LogP) is 4.29. The van der Waals surface area contributed by atoms with Crippen molar-refractivity contribution in [2.45, 2.75) is 45.9 Å². The molecule has 1 fully saturated rings.